The fourth-order valence-electron chi connectivity index (χ4n) is 3.49. The van der Waals surface area contributed by atoms with Crippen LogP contribution in [0.1, 0.15) is 15.9 Å². The number of halogens is 1. The number of carbonyl (C=O) groups is 1. The van der Waals surface area contributed by atoms with E-state index in [0.717, 1.165) is 47.7 Å². The average Bonchev–Trinajstić information content (AvgIpc) is 3.07. The summed E-state index contributed by atoms with van der Waals surface area (Å²) in [6.07, 6.45) is 2.64. The van der Waals surface area contributed by atoms with Crippen LogP contribution in [0.15, 0.2) is 48.8 Å². The molecule has 3 aromatic rings. The van der Waals surface area contributed by atoms with Gasteiger partial charge in [-0.1, -0.05) is 29.8 Å². The Hall–Kier alpha value is -2.57. The van der Waals surface area contributed by atoms with Crippen molar-refractivity contribution in [3.8, 4) is 0 Å². The van der Waals surface area contributed by atoms with E-state index >= 15 is 0 Å². The van der Waals surface area contributed by atoms with Crippen molar-refractivity contribution >= 4 is 28.5 Å². The molecule has 1 aromatic heterocycles. The molecule has 4 rings (SSSR count). The van der Waals surface area contributed by atoms with Gasteiger partial charge in [0, 0.05) is 30.2 Å². The number of nitrogens with two attached hydrogens (primary N) is 1. The maximum absolute atomic E-state index is 11.4. The number of carbonyl (C=O) groups excluding carboxylic acids is 1. The monoisotopic (exact) mass is 369 g/mol. The zero-order valence-corrected chi connectivity index (χ0v) is 15.0. The lowest BCUT2D eigenvalue weighted by molar-refractivity contribution is 0.100. The summed E-state index contributed by atoms with van der Waals surface area (Å²) in [4.78, 5) is 15.9. The summed E-state index contributed by atoms with van der Waals surface area (Å²) in [6, 6.07) is 13.6. The fourth-order valence-corrected chi connectivity index (χ4v) is 3.70. The number of primary amides is 1. The molecule has 26 heavy (non-hydrogen) atoms. The highest BCUT2D eigenvalue weighted by molar-refractivity contribution is 6.31. The normalized spacial score (nSPS) is 17.6. The lowest BCUT2D eigenvalue weighted by Crippen LogP contribution is -2.57. The number of hydrogen-bond donors (Lipinski definition) is 2. The topological polar surface area (TPSA) is 76.2 Å². The number of piperazine rings is 1. The van der Waals surface area contributed by atoms with Crippen LogP contribution in [0.4, 0.5) is 0 Å². The molecule has 1 saturated heterocycles. The van der Waals surface area contributed by atoms with E-state index in [9.17, 15) is 4.79 Å². The van der Waals surface area contributed by atoms with E-state index in [1.54, 1.807) is 18.5 Å². The first-order valence-electron chi connectivity index (χ1n) is 8.61. The average molecular weight is 370 g/mol. The van der Waals surface area contributed by atoms with Crippen LogP contribution in [0.5, 0.6) is 0 Å². The summed E-state index contributed by atoms with van der Waals surface area (Å²) >= 11 is 6.36. The summed E-state index contributed by atoms with van der Waals surface area (Å²) in [7, 11) is 0. The zero-order chi connectivity index (χ0) is 18.1. The van der Waals surface area contributed by atoms with E-state index in [4.69, 9.17) is 17.3 Å². The third-order valence-corrected chi connectivity index (χ3v) is 5.19. The number of fused-ring (bicyclic) bond motifs is 1. The van der Waals surface area contributed by atoms with Gasteiger partial charge in [0.2, 0.25) is 5.91 Å². The number of rotatable bonds is 4. The van der Waals surface area contributed by atoms with E-state index < -0.39 is 5.91 Å². The van der Waals surface area contributed by atoms with Crippen LogP contribution in [-0.2, 0) is 6.42 Å². The predicted molar refractivity (Wildman–Crippen MR) is 103 cm³/mol. The zero-order valence-electron chi connectivity index (χ0n) is 14.2. The molecule has 1 aliphatic rings. The van der Waals surface area contributed by atoms with Gasteiger partial charge in [-0.3, -0.25) is 4.79 Å². The van der Waals surface area contributed by atoms with Crippen LogP contribution >= 0.6 is 11.6 Å². The number of hydrogen-bond acceptors (Lipinski definition) is 4. The van der Waals surface area contributed by atoms with Gasteiger partial charge in [0.15, 0.2) is 0 Å². The van der Waals surface area contributed by atoms with Gasteiger partial charge in [0.25, 0.3) is 0 Å². The lowest BCUT2D eigenvalue weighted by Gasteiger charge is -2.38. The highest BCUT2D eigenvalue weighted by Gasteiger charge is 2.25. The second kappa shape index (κ2) is 6.97. The number of imidazole rings is 1. The summed E-state index contributed by atoms with van der Waals surface area (Å²) in [5, 5.41) is 6.55. The molecule has 1 atom stereocenters. The molecule has 1 fully saturated rings. The number of benzene rings is 2. The van der Waals surface area contributed by atoms with Gasteiger partial charge in [-0.25, -0.2) is 9.66 Å². The lowest BCUT2D eigenvalue weighted by atomic mass is 10.0. The van der Waals surface area contributed by atoms with E-state index in [1.807, 2.05) is 24.3 Å². The Morgan fingerprint density at radius 1 is 1.31 bits per heavy atom. The first-order valence-corrected chi connectivity index (χ1v) is 8.99. The van der Waals surface area contributed by atoms with Crippen molar-refractivity contribution in [2.45, 2.75) is 12.5 Å². The Balaban J connectivity index is 1.67. The highest BCUT2D eigenvalue weighted by Crippen LogP contribution is 2.21. The van der Waals surface area contributed by atoms with Crippen LogP contribution in [0.25, 0.3) is 11.0 Å². The number of aromatic nitrogens is 2. The SMILES string of the molecule is NC(=O)c1ccc2c(c1)ncn2N1CCNCC1Cc1ccccc1Cl. The van der Waals surface area contributed by atoms with E-state index in [-0.39, 0.29) is 6.04 Å². The third-order valence-electron chi connectivity index (χ3n) is 4.82. The first kappa shape index (κ1) is 16.9. The standard InChI is InChI=1S/C19H20ClN5O/c20-16-4-2-1-3-13(16)9-15-11-22-7-8-24(15)25-12-23-17-10-14(19(21)26)5-6-18(17)25/h1-6,10,12,15,22H,7-9,11H2,(H2,21,26). The Bertz CT molecular complexity index is 954. The van der Waals surface area contributed by atoms with E-state index in [2.05, 4.69) is 26.1 Å². The Labute approximate surface area is 156 Å². The molecule has 1 amide bonds. The molecule has 0 radical (unpaired) electrons. The molecule has 0 bridgehead atoms. The highest BCUT2D eigenvalue weighted by atomic mass is 35.5. The molecular weight excluding hydrogens is 350 g/mol. The second-order valence-corrected chi connectivity index (χ2v) is 6.88. The quantitative estimate of drug-likeness (QED) is 0.737. The molecule has 1 aliphatic heterocycles. The first-order chi connectivity index (χ1) is 12.6. The summed E-state index contributed by atoms with van der Waals surface area (Å²) < 4.78 is 2.07. The third kappa shape index (κ3) is 3.13. The molecule has 1 unspecified atom stereocenters. The molecule has 6 nitrogen and oxygen atoms in total. The van der Waals surface area contributed by atoms with Crippen LogP contribution in [0.3, 0.4) is 0 Å². The van der Waals surface area contributed by atoms with Gasteiger partial charge in [0.1, 0.15) is 6.33 Å². The van der Waals surface area contributed by atoms with Gasteiger partial charge in [0.05, 0.1) is 17.1 Å². The molecule has 0 spiro atoms. The molecule has 2 heterocycles. The van der Waals surface area contributed by atoms with Crippen molar-refractivity contribution in [2.75, 3.05) is 24.6 Å². The van der Waals surface area contributed by atoms with Crippen molar-refractivity contribution in [1.82, 2.24) is 15.0 Å². The minimum Gasteiger partial charge on any atom is -0.366 e. The van der Waals surface area contributed by atoms with Gasteiger partial charge in [-0.2, -0.15) is 0 Å². The summed E-state index contributed by atoms with van der Waals surface area (Å²) in [6.45, 7) is 2.63. The summed E-state index contributed by atoms with van der Waals surface area (Å²) in [5.41, 5.74) is 8.69. The van der Waals surface area contributed by atoms with Crippen molar-refractivity contribution in [3.05, 3.63) is 64.9 Å². The van der Waals surface area contributed by atoms with Crippen LogP contribution in [-0.4, -0.2) is 41.2 Å². The number of nitrogens with one attached hydrogen (secondary N) is 1. The molecule has 7 heteroatoms. The van der Waals surface area contributed by atoms with Gasteiger partial charge >= 0.3 is 0 Å². The molecule has 2 aromatic carbocycles. The summed E-state index contributed by atoms with van der Waals surface area (Å²) in [5.74, 6) is -0.444. The van der Waals surface area contributed by atoms with Crippen molar-refractivity contribution in [3.63, 3.8) is 0 Å². The minimum atomic E-state index is -0.444. The Morgan fingerprint density at radius 2 is 2.15 bits per heavy atom. The molecule has 134 valence electrons. The van der Waals surface area contributed by atoms with Gasteiger partial charge in [-0.05, 0) is 36.2 Å². The Kier molecular flexibility index (Phi) is 4.53. The molecule has 0 aliphatic carbocycles. The van der Waals surface area contributed by atoms with Crippen molar-refractivity contribution < 1.29 is 4.79 Å². The Morgan fingerprint density at radius 3 is 2.96 bits per heavy atom. The largest absolute Gasteiger partial charge is 0.366 e. The minimum absolute atomic E-state index is 0.247. The van der Waals surface area contributed by atoms with Gasteiger partial charge < -0.3 is 16.1 Å². The smallest absolute Gasteiger partial charge is 0.248 e. The fraction of sp³-hybridized carbons (Fsp3) is 0.263. The molecule has 0 saturated carbocycles. The number of amides is 1. The van der Waals surface area contributed by atoms with Crippen molar-refractivity contribution in [2.24, 2.45) is 5.73 Å². The predicted octanol–water partition coefficient (Wildman–Crippen LogP) is 1.94. The maximum Gasteiger partial charge on any atom is 0.248 e. The van der Waals surface area contributed by atoms with E-state index in [0.29, 0.717) is 5.56 Å². The maximum atomic E-state index is 11.4. The van der Waals surface area contributed by atoms with Gasteiger partial charge in [-0.15, -0.1) is 0 Å². The van der Waals surface area contributed by atoms with Crippen LogP contribution < -0.4 is 16.1 Å². The van der Waals surface area contributed by atoms with Crippen LogP contribution in [0.2, 0.25) is 5.02 Å². The van der Waals surface area contributed by atoms with E-state index in [1.165, 1.54) is 0 Å². The second-order valence-electron chi connectivity index (χ2n) is 6.47. The number of nitrogens with zero attached hydrogens (tertiary/aromatic N) is 3. The molecular formula is C19H20ClN5O. The van der Waals surface area contributed by atoms with Crippen molar-refractivity contribution in [1.29, 1.82) is 0 Å². The van der Waals surface area contributed by atoms with Crippen LogP contribution in [0, 0.1) is 0 Å². The molecule has 3 N–H and O–H groups in total.